The second kappa shape index (κ2) is 6.60. The van der Waals surface area contributed by atoms with Crippen LogP contribution in [0.2, 0.25) is 0 Å². The molecule has 2 N–H and O–H groups in total. The third kappa shape index (κ3) is 4.24. The van der Waals surface area contributed by atoms with E-state index in [1.54, 1.807) is 31.1 Å². The van der Waals surface area contributed by atoms with E-state index in [0.717, 1.165) is 5.56 Å². The van der Waals surface area contributed by atoms with Gasteiger partial charge < -0.3 is 15.5 Å². The predicted molar refractivity (Wildman–Crippen MR) is 89.1 cm³/mol. The van der Waals surface area contributed by atoms with Gasteiger partial charge in [0.2, 0.25) is 0 Å². The van der Waals surface area contributed by atoms with Gasteiger partial charge in [0.25, 0.3) is 5.91 Å². The highest BCUT2D eigenvalue weighted by Gasteiger charge is 2.42. The van der Waals surface area contributed by atoms with E-state index in [9.17, 15) is 9.59 Å². The van der Waals surface area contributed by atoms with Gasteiger partial charge in [-0.15, -0.1) is 0 Å². The number of nitrogens with zero attached hydrogens (tertiary/aromatic N) is 1. The zero-order valence-corrected chi connectivity index (χ0v) is 13.8. The molecule has 0 spiro atoms. The average molecular weight is 315 g/mol. The summed E-state index contributed by atoms with van der Waals surface area (Å²) < 4.78 is 0. The van der Waals surface area contributed by atoms with Crippen molar-refractivity contribution in [2.75, 3.05) is 14.1 Å². The van der Waals surface area contributed by atoms with Crippen LogP contribution in [0, 0.1) is 11.8 Å². The molecule has 1 aromatic carbocycles. The fourth-order valence-corrected chi connectivity index (χ4v) is 2.94. The number of carbonyl (C=O) groups is 2. The second-order valence-electron chi connectivity index (χ2n) is 6.92. The molecule has 2 saturated carbocycles. The molecule has 0 unspecified atom stereocenters. The molecule has 0 atom stereocenters. The lowest BCUT2D eigenvalue weighted by Crippen LogP contribution is -2.44. The predicted octanol–water partition coefficient (Wildman–Crippen LogP) is 2.38. The Bertz CT molecular complexity index is 562. The van der Waals surface area contributed by atoms with E-state index in [1.165, 1.54) is 25.7 Å². The standard InChI is InChI=1S/C18H25N3O2/c1-21(2)17(22)15-5-3-12(4-6-15)11-19-18(23)20-16(13-7-8-13)14-9-10-14/h3-6,13-14,16H,7-11H2,1-2H3,(H2,19,20,23). The van der Waals surface area contributed by atoms with Crippen LogP contribution in [0.5, 0.6) is 0 Å². The number of urea groups is 1. The lowest BCUT2D eigenvalue weighted by molar-refractivity contribution is 0.0827. The van der Waals surface area contributed by atoms with Crippen LogP contribution >= 0.6 is 0 Å². The summed E-state index contributed by atoms with van der Waals surface area (Å²) >= 11 is 0. The molecule has 0 heterocycles. The maximum Gasteiger partial charge on any atom is 0.315 e. The van der Waals surface area contributed by atoms with Gasteiger partial charge in [-0.25, -0.2) is 4.79 Å². The minimum Gasteiger partial charge on any atom is -0.345 e. The van der Waals surface area contributed by atoms with Crippen molar-refractivity contribution < 1.29 is 9.59 Å². The van der Waals surface area contributed by atoms with Crippen molar-refractivity contribution in [3.63, 3.8) is 0 Å². The van der Waals surface area contributed by atoms with E-state index in [0.29, 0.717) is 30.0 Å². The van der Waals surface area contributed by atoms with E-state index in [2.05, 4.69) is 10.6 Å². The van der Waals surface area contributed by atoms with Gasteiger partial charge in [0.1, 0.15) is 0 Å². The molecule has 2 fully saturated rings. The number of amides is 3. The fourth-order valence-electron chi connectivity index (χ4n) is 2.94. The number of benzene rings is 1. The number of hydrogen-bond acceptors (Lipinski definition) is 2. The summed E-state index contributed by atoms with van der Waals surface area (Å²) in [5, 5.41) is 6.07. The number of hydrogen-bond donors (Lipinski definition) is 2. The van der Waals surface area contributed by atoms with Gasteiger partial charge >= 0.3 is 6.03 Å². The Kier molecular flexibility index (Phi) is 4.55. The number of carbonyl (C=O) groups excluding carboxylic acids is 2. The minimum atomic E-state index is -0.0813. The third-order valence-corrected chi connectivity index (χ3v) is 4.62. The monoisotopic (exact) mass is 315 g/mol. The lowest BCUT2D eigenvalue weighted by Gasteiger charge is -2.18. The second-order valence-corrected chi connectivity index (χ2v) is 6.92. The van der Waals surface area contributed by atoms with E-state index < -0.39 is 0 Å². The van der Waals surface area contributed by atoms with E-state index >= 15 is 0 Å². The Balaban J connectivity index is 1.47. The van der Waals surface area contributed by atoms with Gasteiger partial charge in [-0.3, -0.25) is 4.79 Å². The van der Waals surface area contributed by atoms with Crippen molar-refractivity contribution in [1.29, 1.82) is 0 Å². The highest BCUT2D eigenvalue weighted by molar-refractivity contribution is 5.93. The molecule has 1 aromatic rings. The number of nitrogens with one attached hydrogen (secondary N) is 2. The van der Waals surface area contributed by atoms with Crippen LogP contribution in [0.25, 0.3) is 0 Å². The molecule has 3 amide bonds. The first-order valence-corrected chi connectivity index (χ1v) is 8.39. The molecule has 5 heteroatoms. The van der Waals surface area contributed by atoms with Gasteiger partial charge in [0.05, 0.1) is 0 Å². The van der Waals surface area contributed by atoms with Crippen molar-refractivity contribution in [2.45, 2.75) is 38.3 Å². The fraction of sp³-hybridized carbons (Fsp3) is 0.556. The van der Waals surface area contributed by atoms with Crippen LogP contribution in [-0.4, -0.2) is 37.0 Å². The molecular formula is C18H25N3O2. The van der Waals surface area contributed by atoms with Gasteiger partial charge in [-0.05, 0) is 55.2 Å². The largest absolute Gasteiger partial charge is 0.345 e. The summed E-state index contributed by atoms with van der Waals surface area (Å²) in [6, 6.07) is 7.66. The molecule has 5 nitrogen and oxygen atoms in total. The van der Waals surface area contributed by atoms with Crippen LogP contribution in [0.15, 0.2) is 24.3 Å². The maximum atomic E-state index is 12.1. The SMILES string of the molecule is CN(C)C(=O)c1ccc(CNC(=O)NC(C2CC2)C2CC2)cc1. The lowest BCUT2D eigenvalue weighted by atomic mass is 10.1. The maximum absolute atomic E-state index is 12.1. The van der Waals surface area contributed by atoms with Gasteiger partial charge in [-0.2, -0.15) is 0 Å². The van der Waals surface area contributed by atoms with Crippen LogP contribution < -0.4 is 10.6 Å². The van der Waals surface area contributed by atoms with Crippen LogP contribution in [0.4, 0.5) is 4.79 Å². The molecule has 0 aromatic heterocycles. The highest BCUT2D eigenvalue weighted by Crippen LogP contribution is 2.44. The average Bonchev–Trinajstić information content (AvgIpc) is 3.43. The quantitative estimate of drug-likeness (QED) is 0.846. The Labute approximate surface area is 137 Å². The molecule has 124 valence electrons. The Morgan fingerprint density at radius 3 is 2.13 bits per heavy atom. The van der Waals surface area contributed by atoms with Crippen LogP contribution in [-0.2, 0) is 6.54 Å². The zero-order chi connectivity index (χ0) is 16.4. The summed E-state index contributed by atoms with van der Waals surface area (Å²) in [5.74, 6) is 1.38. The Morgan fingerprint density at radius 1 is 1.09 bits per heavy atom. The van der Waals surface area contributed by atoms with Crippen molar-refractivity contribution in [2.24, 2.45) is 11.8 Å². The summed E-state index contributed by atoms with van der Waals surface area (Å²) in [6.07, 6.45) is 5.01. The molecule has 0 radical (unpaired) electrons. The van der Waals surface area contributed by atoms with Crippen molar-refractivity contribution in [1.82, 2.24) is 15.5 Å². The zero-order valence-electron chi connectivity index (χ0n) is 13.8. The topological polar surface area (TPSA) is 61.4 Å². The molecule has 0 aliphatic heterocycles. The van der Waals surface area contributed by atoms with Gasteiger partial charge in [0, 0.05) is 32.2 Å². The first-order valence-electron chi connectivity index (χ1n) is 8.39. The summed E-state index contributed by atoms with van der Waals surface area (Å²) in [6.45, 7) is 0.477. The number of rotatable bonds is 6. The molecule has 2 aliphatic carbocycles. The normalized spacial score (nSPS) is 17.0. The molecule has 0 bridgehead atoms. The summed E-state index contributed by atoms with van der Waals surface area (Å²) in [5.41, 5.74) is 1.65. The van der Waals surface area contributed by atoms with E-state index in [-0.39, 0.29) is 11.9 Å². The highest BCUT2D eigenvalue weighted by atomic mass is 16.2. The van der Waals surface area contributed by atoms with Crippen molar-refractivity contribution in [3.05, 3.63) is 35.4 Å². The van der Waals surface area contributed by atoms with Crippen LogP contribution in [0.1, 0.15) is 41.6 Å². The Hall–Kier alpha value is -2.04. The smallest absolute Gasteiger partial charge is 0.315 e. The van der Waals surface area contributed by atoms with Crippen molar-refractivity contribution >= 4 is 11.9 Å². The minimum absolute atomic E-state index is 0.0149. The molecule has 3 rings (SSSR count). The summed E-state index contributed by atoms with van der Waals surface area (Å²) in [7, 11) is 3.47. The molecule has 0 saturated heterocycles. The van der Waals surface area contributed by atoms with E-state index in [4.69, 9.17) is 0 Å². The molecule has 2 aliphatic rings. The van der Waals surface area contributed by atoms with Gasteiger partial charge in [0.15, 0.2) is 0 Å². The van der Waals surface area contributed by atoms with E-state index in [1.807, 2.05) is 12.1 Å². The molecule has 23 heavy (non-hydrogen) atoms. The molecular weight excluding hydrogens is 290 g/mol. The Morgan fingerprint density at radius 2 is 1.65 bits per heavy atom. The van der Waals surface area contributed by atoms with Gasteiger partial charge in [-0.1, -0.05) is 12.1 Å². The first-order chi connectivity index (χ1) is 11.0. The summed E-state index contributed by atoms with van der Waals surface area (Å²) in [4.78, 5) is 25.5. The van der Waals surface area contributed by atoms with Crippen LogP contribution in [0.3, 0.4) is 0 Å². The first kappa shape index (κ1) is 15.8. The third-order valence-electron chi connectivity index (χ3n) is 4.62. The van der Waals surface area contributed by atoms with Crippen molar-refractivity contribution in [3.8, 4) is 0 Å².